The highest BCUT2D eigenvalue weighted by Crippen LogP contribution is 2.13. The van der Waals surface area contributed by atoms with Gasteiger partial charge in [0.15, 0.2) is 0 Å². The van der Waals surface area contributed by atoms with E-state index >= 15 is 0 Å². The molecule has 0 spiro atoms. The van der Waals surface area contributed by atoms with Gasteiger partial charge >= 0.3 is 0 Å². The molecule has 0 bridgehead atoms. The van der Waals surface area contributed by atoms with E-state index in [4.69, 9.17) is 5.26 Å². The Kier molecular flexibility index (Phi) is 6.58. The first kappa shape index (κ1) is 17.0. The predicted octanol–water partition coefficient (Wildman–Crippen LogP) is 4.11. The van der Waals surface area contributed by atoms with Crippen molar-refractivity contribution < 1.29 is 4.79 Å². The van der Waals surface area contributed by atoms with Crippen molar-refractivity contribution in [2.24, 2.45) is 0 Å². The Labute approximate surface area is 144 Å². The topological polar surface area (TPSA) is 52.9 Å². The SMILES string of the molecule is N#C/C(=C/c1ccc(Br)cc1)C(=O)NCCCc1ccccc1. The smallest absolute Gasteiger partial charge is 0.261 e. The minimum atomic E-state index is -0.330. The molecule has 0 saturated heterocycles. The number of rotatable bonds is 6. The molecule has 3 nitrogen and oxygen atoms in total. The molecule has 0 saturated carbocycles. The Morgan fingerprint density at radius 2 is 1.83 bits per heavy atom. The van der Waals surface area contributed by atoms with Crippen molar-refractivity contribution in [3.63, 3.8) is 0 Å². The van der Waals surface area contributed by atoms with Gasteiger partial charge in [-0.15, -0.1) is 0 Å². The summed E-state index contributed by atoms with van der Waals surface area (Å²) in [4.78, 5) is 12.0. The quantitative estimate of drug-likeness (QED) is 0.473. The number of nitrogens with one attached hydrogen (secondary N) is 1. The molecule has 2 rings (SSSR count). The molecule has 0 aliphatic carbocycles. The van der Waals surface area contributed by atoms with E-state index in [1.807, 2.05) is 48.5 Å². The van der Waals surface area contributed by atoms with Gasteiger partial charge in [0.1, 0.15) is 11.6 Å². The number of carbonyl (C=O) groups excluding carboxylic acids is 1. The average molecular weight is 369 g/mol. The van der Waals surface area contributed by atoms with Crippen LogP contribution in [-0.4, -0.2) is 12.5 Å². The number of halogens is 1. The van der Waals surface area contributed by atoms with E-state index in [9.17, 15) is 4.79 Å². The number of aryl methyl sites for hydroxylation is 1. The van der Waals surface area contributed by atoms with Crippen LogP contribution in [0.3, 0.4) is 0 Å². The molecule has 1 amide bonds. The van der Waals surface area contributed by atoms with Gasteiger partial charge in [-0.3, -0.25) is 4.79 Å². The monoisotopic (exact) mass is 368 g/mol. The molecule has 0 aromatic heterocycles. The lowest BCUT2D eigenvalue weighted by molar-refractivity contribution is -0.117. The molecule has 0 unspecified atom stereocenters. The highest BCUT2D eigenvalue weighted by atomic mass is 79.9. The Balaban J connectivity index is 1.85. The van der Waals surface area contributed by atoms with Gasteiger partial charge in [0, 0.05) is 11.0 Å². The van der Waals surface area contributed by atoms with Crippen molar-refractivity contribution in [1.82, 2.24) is 5.32 Å². The molecule has 0 aliphatic rings. The molecular weight excluding hydrogens is 352 g/mol. The first-order chi connectivity index (χ1) is 11.2. The zero-order chi connectivity index (χ0) is 16.5. The van der Waals surface area contributed by atoms with E-state index < -0.39 is 0 Å². The van der Waals surface area contributed by atoms with Crippen LogP contribution in [0.15, 0.2) is 64.6 Å². The van der Waals surface area contributed by atoms with Crippen molar-refractivity contribution in [3.05, 3.63) is 75.8 Å². The molecule has 0 fully saturated rings. The molecule has 1 N–H and O–H groups in total. The molecule has 0 aliphatic heterocycles. The van der Waals surface area contributed by atoms with Crippen LogP contribution >= 0.6 is 15.9 Å². The van der Waals surface area contributed by atoms with Crippen LogP contribution < -0.4 is 5.32 Å². The highest BCUT2D eigenvalue weighted by molar-refractivity contribution is 9.10. The van der Waals surface area contributed by atoms with Gasteiger partial charge in [0.05, 0.1) is 0 Å². The molecule has 116 valence electrons. The summed E-state index contributed by atoms with van der Waals surface area (Å²) in [7, 11) is 0. The van der Waals surface area contributed by atoms with Gasteiger partial charge in [-0.25, -0.2) is 0 Å². The summed E-state index contributed by atoms with van der Waals surface area (Å²) in [5.41, 5.74) is 2.18. The summed E-state index contributed by atoms with van der Waals surface area (Å²) >= 11 is 3.35. The van der Waals surface area contributed by atoms with Crippen LogP contribution in [0.2, 0.25) is 0 Å². The summed E-state index contributed by atoms with van der Waals surface area (Å²) in [6.07, 6.45) is 3.34. The van der Waals surface area contributed by atoms with Crippen molar-refractivity contribution in [2.75, 3.05) is 6.54 Å². The third-order valence-electron chi connectivity index (χ3n) is 3.32. The first-order valence-corrected chi connectivity index (χ1v) is 8.18. The van der Waals surface area contributed by atoms with Gasteiger partial charge < -0.3 is 5.32 Å². The fraction of sp³-hybridized carbons (Fsp3) is 0.158. The minimum absolute atomic E-state index is 0.118. The van der Waals surface area contributed by atoms with E-state index in [2.05, 4.69) is 33.4 Å². The van der Waals surface area contributed by atoms with E-state index in [0.29, 0.717) is 6.54 Å². The zero-order valence-electron chi connectivity index (χ0n) is 12.6. The number of carbonyl (C=O) groups is 1. The summed E-state index contributed by atoms with van der Waals surface area (Å²) in [6.45, 7) is 0.549. The number of nitrogens with zero attached hydrogens (tertiary/aromatic N) is 1. The molecule has 0 radical (unpaired) electrons. The summed E-state index contributed by atoms with van der Waals surface area (Å²) in [6, 6.07) is 19.5. The van der Waals surface area contributed by atoms with Crippen LogP contribution in [0.1, 0.15) is 17.5 Å². The van der Waals surface area contributed by atoms with Gasteiger partial charge in [-0.1, -0.05) is 58.4 Å². The van der Waals surface area contributed by atoms with Crippen LogP contribution in [0.4, 0.5) is 0 Å². The van der Waals surface area contributed by atoms with Gasteiger partial charge in [-0.05, 0) is 42.2 Å². The molecule has 0 atom stereocenters. The fourth-order valence-electron chi connectivity index (χ4n) is 2.11. The number of amides is 1. The lowest BCUT2D eigenvalue weighted by atomic mass is 10.1. The van der Waals surface area contributed by atoms with Gasteiger partial charge in [0.2, 0.25) is 0 Å². The zero-order valence-corrected chi connectivity index (χ0v) is 14.2. The molecule has 23 heavy (non-hydrogen) atoms. The van der Waals surface area contributed by atoms with Crippen molar-refractivity contribution in [1.29, 1.82) is 5.26 Å². The Morgan fingerprint density at radius 3 is 2.48 bits per heavy atom. The van der Waals surface area contributed by atoms with Crippen molar-refractivity contribution in [3.8, 4) is 6.07 Å². The third kappa shape index (κ3) is 5.72. The van der Waals surface area contributed by atoms with E-state index in [-0.39, 0.29) is 11.5 Å². The summed E-state index contributed by atoms with van der Waals surface area (Å²) < 4.78 is 0.957. The van der Waals surface area contributed by atoms with Crippen molar-refractivity contribution >= 4 is 27.9 Å². The normalized spacial score (nSPS) is 10.9. The van der Waals surface area contributed by atoms with Crippen LogP contribution in [0.5, 0.6) is 0 Å². The third-order valence-corrected chi connectivity index (χ3v) is 3.85. The maximum atomic E-state index is 12.0. The summed E-state index contributed by atoms with van der Waals surface area (Å²) in [5, 5.41) is 12.0. The minimum Gasteiger partial charge on any atom is -0.351 e. The molecule has 4 heteroatoms. The van der Waals surface area contributed by atoms with E-state index in [0.717, 1.165) is 22.9 Å². The van der Waals surface area contributed by atoms with E-state index in [1.54, 1.807) is 6.08 Å². The van der Waals surface area contributed by atoms with Gasteiger partial charge in [0.25, 0.3) is 5.91 Å². The fourth-order valence-corrected chi connectivity index (χ4v) is 2.37. The second kappa shape index (κ2) is 8.92. The maximum absolute atomic E-state index is 12.0. The molecule has 2 aromatic rings. The van der Waals surface area contributed by atoms with E-state index in [1.165, 1.54) is 5.56 Å². The Bertz CT molecular complexity index is 715. The second-order valence-corrected chi connectivity index (χ2v) is 5.98. The number of nitriles is 1. The molecule has 2 aromatic carbocycles. The summed E-state index contributed by atoms with van der Waals surface area (Å²) in [5.74, 6) is -0.330. The number of hydrogen-bond donors (Lipinski definition) is 1. The highest BCUT2D eigenvalue weighted by Gasteiger charge is 2.08. The van der Waals surface area contributed by atoms with Gasteiger partial charge in [-0.2, -0.15) is 5.26 Å². The average Bonchev–Trinajstić information content (AvgIpc) is 2.59. The van der Waals surface area contributed by atoms with Crippen LogP contribution in [0, 0.1) is 11.3 Å². The lowest BCUT2D eigenvalue weighted by Crippen LogP contribution is -2.25. The second-order valence-electron chi connectivity index (χ2n) is 5.07. The molecule has 0 heterocycles. The number of benzene rings is 2. The van der Waals surface area contributed by atoms with Crippen LogP contribution in [0.25, 0.3) is 6.08 Å². The largest absolute Gasteiger partial charge is 0.351 e. The van der Waals surface area contributed by atoms with Crippen LogP contribution in [-0.2, 0) is 11.2 Å². The Morgan fingerprint density at radius 1 is 1.13 bits per heavy atom. The molecular formula is C19H17BrN2O. The maximum Gasteiger partial charge on any atom is 0.261 e. The Hall–Kier alpha value is -2.38. The number of hydrogen-bond acceptors (Lipinski definition) is 2. The van der Waals surface area contributed by atoms with Crippen molar-refractivity contribution in [2.45, 2.75) is 12.8 Å². The lowest BCUT2D eigenvalue weighted by Gasteiger charge is -2.05. The first-order valence-electron chi connectivity index (χ1n) is 7.38. The standard InChI is InChI=1S/C19H17BrN2O/c20-18-10-8-16(9-11-18)13-17(14-21)19(23)22-12-4-7-15-5-2-1-3-6-15/h1-3,5-6,8-11,13H,4,7,12H2,(H,22,23)/b17-13-. The predicted molar refractivity (Wildman–Crippen MR) is 95.5 cm³/mol.